The zero-order valence-electron chi connectivity index (χ0n) is 7.60. The first kappa shape index (κ1) is 8.77. The minimum Gasteiger partial charge on any atom is -0.380 e. The Kier molecular flexibility index (Phi) is 2.20. The second kappa shape index (κ2) is 3.51. The molecule has 0 aliphatic carbocycles. The summed E-state index contributed by atoms with van der Waals surface area (Å²) in [5.41, 5.74) is 12.7. The van der Waals surface area contributed by atoms with Crippen molar-refractivity contribution in [2.75, 3.05) is 12.3 Å². The van der Waals surface area contributed by atoms with Crippen molar-refractivity contribution in [3.8, 4) is 0 Å². The van der Waals surface area contributed by atoms with Gasteiger partial charge in [0.25, 0.3) is 0 Å². The summed E-state index contributed by atoms with van der Waals surface area (Å²) < 4.78 is 4.98. The van der Waals surface area contributed by atoms with E-state index in [0.717, 1.165) is 10.9 Å². The zero-order chi connectivity index (χ0) is 9.97. The smallest absolute Gasteiger partial charge is 0.174 e. The third-order valence-corrected chi connectivity index (χ3v) is 1.97. The summed E-state index contributed by atoms with van der Waals surface area (Å²) in [6.07, 6.45) is 3.82. The molecule has 0 aliphatic heterocycles. The molecule has 0 amide bonds. The Balaban J connectivity index is 2.49. The van der Waals surface area contributed by atoms with Gasteiger partial charge in [-0.2, -0.15) is 0 Å². The summed E-state index contributed by atoms with van der Waals surface area (Å²) in [5.74, 6) is 0.419. The van der Waals surface area contributed by atoms with Crippen molar-refractivity contribution in [1.82, 2.24) is 5.16 Å². The molecule has 1 heterocycles. The fraction of sp³-hybridized carbons (Fsp3) is 0.100. The van der Waals surface area contributed by atoms with Crippen LogP contribution < -0.4 is 11.5 Å². The van der Waals surface area contributed by atoms with Crippen LogP contribution in [0.4, 0.5) is 5.82 Å². The number of nitrogen functional groups attached to an aromatic ring is 1. The van der Waals surface area contributed by atoms with Crippen LogP contribution in [-0.2, 0) is 0 Å². The van der Waals surface area contributed by atoms with Crippen molar-refractivity contribution < 1.29 is 4.52 Å². The van der Waals surface area contributed by atoms with Gasteiger partial charge in [-0.05, 0) is 17.7 Å². The molecule has 0 aliphatic rings. The predicted molar refractivity (Wildman–Crippen MR) is 56.5 cm³/mol. The summed E-state index contributed by atoms with van der Waals surface area (Å²) in [6.45, 7) is 0.525. The third kappa shape index (κ3) is 1.47. The maximum absolute atomic E-state index is 5.62. The molecule has 1 aromatic carbocycles. The van der Waals surface area contributed by atoms with Gasteiger partial charge in [0, 0.05) is 6.54 Å². The van der Waals surface area contributed by atoms with E-state index in [1.54, 1.807) is 0 Å². The molecule has 0 saturated carbocycles. The lowest BCUT2D eigenvalue weighted by molar-refractivity contribution is 0.460. The largest absolute Gasteiger partial charge is 0.380 e. The number of hydrogen-bond donors (Lipinski definition) is 2. The Hall–Kier alpha value is -1.81. The second-order valence-electron chi connectivity index (χ2n) is 2.96. The van der Waals surface area contributed by atoms with Crippen LogP contribution in [0.25, 0.3) is 17.0 Å². The van der Waals surface area contributed by atoms with Gasteiger partial charge in [0.15, 0.2) is 11.4 Å². The first-order valence-corrected chi connectivity index (χ1v) is 4.33. The van der Waals surface area contributed by atoms with Gasteiger partial charge in [0.1, 0.15) is 0 Å². The van der Waals surface area contributed by atoms with E-state index in [9.17, 15) is 0 Å². The predicted octanol–water partition coefficient (Wildman–Crippen LogP) is 1.38. The Bertz CT molecular complexity index is 473. The molecule has 0 bridgehead atoms. The molecule has 0 fully saturated rings. The molecule has 4 heteroatoms. The van der Waals surface area contributed by atoms with Crippen molar-refractivity contribution in [3.05, 3.63) is 29.8 Å². The summed E-state index contributed by atoms with van der Waals surface area (Å²) >= 11 is 0. The third-order valence-electron chi connectivity index (χ3n) is 1.97. The second-order valence-corrected chi connectivity index (χ2v) is 2.96. The van der Waals surface area contributed by atoms with E-state index >= 15 is 0 Å². The van der Waals surface area contributed by atoms with E-state index in [0.29, 0.717) is 17.9 Å². The Morgan fingerprint density at radius 1 is 1.43 bits per heavy atom. The fourth-order valence-corrected chi connectivity index (χ4v) is 1.28. The maximum atomic E-state index is 5.62. The van der Waals surface area contributed by atoms with Gasteiger partial charge < -0.3 is 16.0 Å². The van der Waals surface area contributed by atoms with Crippen molar-refractivity contribution in [3.63, 3.8) is 0 Å². The normalized spacial score (nSPS) is 11.5. The lowest BCUT2D eigenvalue weighted by Crippen LogP contribution is -1.91. The van der Waals surface area contributed by atoms with Gasteiger partial charge >= 0.3 is 0 Å². The standard InChI is InChI=1S/C10H11N3O/c11-5-1-2-7-3-4-9-8(6-7)10(12)13-14-9/h1-4,6H,5,11H2,(H2,12,13). The van der Waals surface area contributed by atoms with Crippen molar-refractivity contribution >= 4 is 22.9 Å². The van der Waals surface area contributed by atoms with Gasteiger partial charge in [-0.25, -0.2) is 0 Å². The molecule has 2 rings (SSSR count). The Morgan fingerprint density at radius 3 is 3.07 bits per heavy atom. The molecule has 1 aromatic heterocycles. The van der Waals surface area contributed by atoms with Gasteiger partial charge in [0.2, 0.25) is 0 Å². The Labute approximate surface area is 81.2 Å². The highest BCUT2D eigenvalue weighted by atomic mass is 16.5. The fourth-order valence-electron chi connectivity index (χ4n) is 1.28. The molecule has 0 saturated heterocycles. The van der Waals surface area contributed by atoms with Crippen LogP contribution in [0.1, 0.15) is 5.56 Å². The van der Waals surface area contributed by atoms with Crippen LogP contribution in [0.2, 0.25) is 0 Å². The highest BCUT2D eigenvalue weighted by molar-refractivity contribution is 5.88. The number of aromatic nitrogens is 1. The minimum absolute atomic E-state index is 0.419. The first-order chi connectivity index (χ1) is 6.81. The molecule has 2 aromatic rings. The molecule has 14 heavy (non-hydrogen) atoms. The molecule has 4 N–H and O–H groups in total. The van der Waals surface area contributed by atoms with Crippen LogP contribution in [0.15, 0.2) is 28.8 Å². The van der Waals surface area contributed by atoms with E-state index in [1.165, 1.54) is 0 Å². The molecule has 0 spiro atoms. The van der Waals surface area contributed by atoms with Gasteiger partial charge in [-0.15, -0.1) is 0 Å². The highest BCUT2D eigenvalue weighted by Gasteiger charge is 2.03. The summed E-state index contributed by atoms with van der Waals surface area (Å²) in [7, 11) is 0. The number of nitrogens with two attached hydrogens (primary N) is 2. The zero-order valence-corrected chi connectivity index (χ0v) is 7.60. The van der Waals surface area contributed by atoms with Crippen molar-refractivity contribution in [1.29, 1.82) is 0 Å². The van der Waals surface area contributed by atoms with Gasteiger partial charge in [0.05, 0.1) is 5.39 Å². The molecular weight excluding hydrogens is 178 g/mol. The van der Waals surface area contributed by atoms with Crippen LogP contribution in [0, 0.1) is 0 Å². The molecule has 0 atom stereocenters. The van der Waals surface area contributed by atoms with Crippen LogP contribution >= 0.6 is 0 Å². The number of fused-ring (bicyclic) bond motifs is 1. The quantitative estimate of drug-likeness (QED) is 0.748. The highest BCUT2D eigenvalue weighted by Crippen LogP contribution is 2.21. The van der Waals surface area contributed by atoms with E-state index in [2.05, 4.69) is 5.16 Å². The monoisotopic (exact) mass is 189 g/mol. The summed E-state index contributed by atoms with van der Waals surface area (Å²) in [5, 5.41) is 4.51. The lowest BCUT2D eigenvalue weighted by Gasteiger charge is -1.92. The number of anilines is 1. The van der Waals surface area contributed by atoms with Crippen molar-refractivity contribution in [2.45, 2.75) is 0 Å². The topological polar surface area (TPSA) is 78.1 Å². The number of rotatable bonds is 2. The Morgan fingerprint density at radius 2 is 2.29 bits per heavy atom. The summed E-state index contributed by atoms with van der Waals surface area (Å²) in [6, 6.07) is 5.70. The molecule has 72 valence electrons. The SMILES string of the molecule is NCC=Cc1ccc2onc(N)c2c1. The van der Waals surface area contributed by atoms with E-state index in [1.807, 2.05) is 30.4 Å². The van der Waals surface area contributed by atoms with Crippen LogP contribution in [0.5, 0.6) is 0 Å². The average Bonchev–Trinajstić information content (AvgIpc) is 2.57. The number of hydrogen-bond acceptors (Lipinski definition) is 4. The van der Waals surface area contributed by atoms with E-state index < -0.39 is 0 Å². The minimum atomic E-state index is 0.419. The number of benzene rings is 1. The van der Waals surface area contributed by atoms with Gasteiger partial charge in [-0.1, -0.05) is 23.4 Å². The van der Waals surface area contributed by atoms with Gasteiger partial charge in [-0.3, -0.25) is 0 Å². The average molecular weight is 189 g/mol. The van der Waals surface area contributed by atoms with E-state index in [-0.39, 0.29) is 0 Å². The van der Waals surface area contributed by atoms with E-state index in [4.69, 9.17) is 16.0 Å². The van der Waals surface area contributed by atoms with Crippen LogP contribution in [-0.4, -0.2) is 11.7 Å². The van der Waals surface area contributed by atoms with Crippen molar-refractivity contribution in [2.24, 2.45) is 5.73 Å². The first-order valence-electron chi connectivity index (χ1n) is 4.33. The lowest BCUT2D eigenvalue weighted by atomic mass is 10.1. The molecule has 0 radical (unpaired) electrons. The summed E-state index contributed by atoms with van der Waals surface area (Å²) in [4.78, 5) is 0. The molecule has 0 unspecified atom stereocenters. The molecule has 4 nitrogen and oxygen atoms in total. The maximum Gasteiger partial charge on any atom is 0.174 e. The molecular formula is C10H11N3O. The number of nitrogens with zero attached hydrogens (tertiary/aromatic N) is 1. The van der Waals surface area contributed by atoms with Crippen LogP contribution in [0.3, 0.4) is 0 Å².